The van der Waals surface area contributed by atoms with Gasteiger partial charge in [-0.15, -0.1) is 0 Å². The summed E-state index contributed by atoms with van der Waals surface area (Å²) in [5.74, 6) is 0. The zero-order valence-corrected chi connectivity index (χ0v) is 12.7. The second-order valence-electron chi connectivity index (χ2n) is 5.77. The van der Waals surface area contributed by atoms with Gasteiger partial charge in [0.1, 0.15) is 5.65 Å². The van der Waals surface area contributed by atoms with Crippen LogP contribution in [0.2, 0.25) is 0 Å². The number of carbonyl (C=O) groups is 1. The number of likely N-dealkylation sites (tertiary alicyclic amines) is 1. The van der Waals surface area contributed by atoms with Crippen molar-refractivity contribution in [1.82, 2.24) is 19.6 Å². The molecule has 0 bridgehead atoms. The van der Waals surface area contributed by atoms with Gasteiger partial charge >= 0.3 is 6.03 Å². The van der Waals surface area contributed by atoms with E-state index in [2.05, 4.69) is 22.4 Å². The van der Waals surface area contributed by atoms with Gasteiger partial charge in [0, 0.05) is 18.9 Å². The van der Waals surface area contributed by atoms with E-state index in [1.807, 2.05) is 58.1 Å². The van der Waals surface area contributed by atoms with Crippen LogP contribution >= 0.6 is 0 Å². The molecule has 1 unspecified atom stereocenters. The van der Waals surface area contributed by atoms with E-state index < -0.39 is 0 Å². The lowest BCUT2D eigenvalue weighted by Gasteiger charge is -2.41. The number of benzene rings is 1. The number of nitrogens with one attached hydrogen (secondary N) is 1. The van der Waals surface area contributed by atoms with Crippen molar-refractivity contribution in [2.24, 2.45) is 0 Å². The minimum absolute atomic E-state index is 0.0258. The van der Waals surface area contributed by atoms with Crippen molar-refractivity contribution in [3.8, 4) is 0 Å². The minimum Gasteiger partial charge on any atom is -0.332 e. The molecule has 0 aliphatic carbocycles. The van der Waals surface area contributed by atoms with E-state index in [-0.39, 0.29) is 12.1 Å². The molecule has 23 heavy (non-hydrogen) atoms. The van der Waals surface area contributed by atoms with E-state index in [4.69, 9.17) is 0 Å². The second-order valence-corrected chi connectivity index (χ2v) is 5.77. The van der Waals surface area contributed by atoms with Gasteiger partial charge in [-0.05, 0) is 24.1 Å². The van der Waals surface area contributed by atoms with Crippen LogP contribution in [-0.2, 0) is 6.54 Å². The van der Waals surface area contributed by atoms with Gasteiger partial charge in [0.2, 0.25) is 0 Å². The van der Waals surface area contributed by atoms with Crippen LogP contribution in [0.15, 0.2) is 60.9 Å². The lowest BCUT2D eigenvalue weighted by Crippen LogP contribution is -2.49. The summed E-state index contributed by atoms with van der Waals surface area (Å²) in [5, 5.41) is 2.97. The summed E-state index contributed by atoms with van der Waals surface area (Å²) in [7, 11) is 0. The lowest BCUT2D eigenvalue weighted by molar-refractivity contribution is 0.115. The molecule has 2 amide bonds. The first kappa shape index (κ1) is 13.8. The highest BCUT2D eigenvalue weighted by molar-refractivity contribution is 5.75. The number of hydrogen-bond acceptors (Lipinski definition) is 2. The van der Waals surface area contributed by atoms with E-state index in [9.17, 15) is 4.79 Å². The number of carbonyl (C=O) groups excluding carboxylic acids is 1. The fourth-order valence-corrected chi connectivity index (χ4v) is 2.99. The molecule has 1 aromatic carbocycles. The van der Waals surface area contributed by atoms with Crippen molar-refractivity contribution >= 4 is 11.7 Å². The van der Waals surface area contributed by atoms with Gasteiger partial charge in [-0.3, -0.25) is 0 Å². The summed E-state index contributed by atoms with van der Waals surface area (Å²) >= 11 is 0. The fraction of sp³-hybridized carbons (Fsp3) is 0.222. The summed E-state index contributed by atoms with van der Waals surface area (Å²) in [6, 6.07) is 16.2. The molecule has 5 heteroatoms. The molecule has 4 rings (SSSR count). The summed E-state index contributed by atoms with van der Waals surface area (Å²) < 4.78 is 1.96. The highest BCUT2D eigenvalue weighted by Crippen LogP contribution is 2.32. The fourth-order valence-electron chi connectivity index (χ4n) is 2.99. The Kier molecular flexibility index (Phi) is 3.46. The number of hydrogen-bond donors (Lipinski definition) is 1. The lowest BCUT2D eigenvalue weighted by atomic mass is 9.95. The first-order valence-electron chi connectivity index (χ1n) is 7.83. The van der Waals surface area contributed by atoms with E-state index in [0.29, 0.717) is 6.54 Å². The van der Waals surface area contributed by atoms with Gasteiger partial charge in [-0.25, -0.2) is 9.78 Å². The van der Waals surface area contributed by atoms with Crippen LogP contribution in [0.4, 0.5) is 4.79 Å². The summed E-state index contributed by atoms with van der Waals surface area (Å²) in [5.41, 5.74) is 2.95. The third-order valence-electron chi connectivity index (χ3n) is 4.30. The average Bonchev–Trinajstić information content (AvgIpc) is 2.96. The normalized spacial score (nSPS) is 17.0. The third-order valence-corrected chi connectivity index (χ3v) is 4.30. The molecule has 0 spiro atoms. The van der Waals surface area contributed by atoms with Crippen LogP contribution in [-0.4, -0.2) is 26.9 Å². The Hall–Kier alpha value is -2.82. The summed E-state index contributed by atoms with van der Waals surface area (Å²) in [6.07, 6.45) is 4.92. The quantitative estimate of drug-likeness (QED) is 0.808. The number of imidazole rings is 1. The molecule has 1 atom stereocenters. The molecule has 5 nitrogen and oxygen atoms in total. The Morgan fingerprint density at radius 3 is 2.74 bits per heavy atom. The molecule has 116 valence electrons. The Balaban J connectivity index is 1.40. The molecule has 1 aliphatic heterocycles. The van der Waals surface area contributed by atoms with Crippen LogP contribution in [0.5, 0.6) is 0 Å². The molecule has 1 saturated heterocycles. The number of fused-ring (bicyclic) bond motifs is 1. The van der Waals surface area contributed by atoms with Gasteiger partial charge < -0.3 is 14.6 Å². The molecule has 3 heterocycles. The molecule has 0 radical (unpaired) electrons. The van der Waals surface area contributed by atoms with Crippen LogP contribution in [0.25, 0.3) is 5.65 Å². The van der Waals surface area contributed by atoms with Crippen molar-refractivity contribution < 1.29 is 4.79 Å². The molecular weight excluding hydrogens is 288 g/mol. The largest absolute Gasteiger partial charge is 0.332 e. The van der Waals surface area contributed by atoms with Crippen molar-refractivity contribution in [2.75, 3.05) is 6.54 Å². The van der Waals surface area contributed by atoms with Crippen LogP contribution in [0.3, 0.4) is 0 Å². The number of amides is 2. The van der Waals surface area contributed by atoms with Crippen molar-refractivity contribution in [2.45, 2.75) is 19.0 Å². The van der Waals surface area contributed by atoms with Crippen molar-refractivity contribution in [3.05, 3.63) is 72.2 Å². The van der Waals surface area contributed by atoms with E-state index in [1.54, 1.807) is 0 Å². The maximum Gasteiger partial charge on any atom is 0.318 e. The van der Waals surface area contributed by atoms with Crippen LogP contribution in [0, 0.1) is 0 Å². The number of pyridine rings is 1. The van der Waals surface area contributed by atoms with Crippen LogP contribution < -0.4 is 5.32 Å². The molecule has 1 N–H and O–H groups in total. The molecule has 2 aromatic heterocycles. The second kappa shape index (κ2) is 5.76. The zero-order chi connectivity index (χ0) is 15.6. The first-order chi connectivity index (χ1) is 11.3. The van der Waals surface area contributed by atoms with E-state index in [1.165, 1.54) is 5.56 Å². The minimum atomic E-state index is -0.0258. The average molecular weight is 306 g/mol. The van der Waals surface area contributed by atoms with Crippen molar-refractivity contribution in [1.29, 1.82) is 0 Å². The molecule has 1 aliphatic rings. The van der Waals surface area contributed by atoms with E-state index in [0.717, 1.165) is 24.3 Å². The maximum atomic E-state index is 12.4. The molecule has 3 aromatic rings. The smallest absolute Gasteiger partial charge is 0.318 e. The predicted molar refractivity (Wildman–Crippen MR) is 87.9 cm³/mol. The maximum absolute atomic E-state index is 12.4. The monoisotopic (exact) mass is 306 g/mol. The number of aromatic nitrogens is 2. The highest BCUT2D eigenvalue weighted by Gasteiger charge is 2.33. The Labute approximate surface area is 134 Å². The van der Waals surface area contributed by atoms with E-state index >= 15 is 0 Å². The number of rotatable bonds is 3. The SMILES string of the molecule is O=C(NCc1cn2ccccc2n1)N1CCC1c1ccccc1. The Morgan fingerprint density at radius 1 is 1.17 bits per heavy atom. The Morgan fingerprint density at radius 2 is 2.00 bits per heavy atom. The van der Waals surface area contributed by atoms with Crippen molar-refractivity contribution in [3.63, 3.8) is 0 Å². The van der Waals surface area contributed by atoms with Gasteiger partial charge in [-0.2, -0.15) is 0 Å². The summed E-state index contributed by atoms with van der Waals surface area (Å²) in [4.78, 5) is 18.8. The molecule has 0 saturated carbocycles. The molecule has 1 fully saturated rings. The van der Waals surface area contributed by atoms with Gasteiger partial charge in [0.25, 0.3) is 0 Å². The highest BCUT2D eigenvalue weighted by atomic mass is 16.2. The first-order valence-corrected chi connectivity index (χ1v) is 7.83. The van der Waals surface area contributed by atoms with Gasteiger partial charge in [0.05, 0.1) is 18.3 Å². The Bertz CT molecular complexity index is 794. The van der Waals surface area contributed by atoms with Gasteiger partial charge in [-0.1, -0.05) is 36.4 Å². The standard InChI is InChI=1S/C18H18N4O/c23-18(22-11-9-16(22)14-6-2-1-3-7-14)19-12-15-13-21-10-5-4-8-17(21)20-15/h1-8,10,13,16H,9,11-12H2,(H,19,23). The zero-order valence-electron chi connectivity index (χ0n) is 12.7. The predicted octanol–water partition coefficient (Wildman–Crippen LogP) is 2.99. The van der Waals surface area contributed by atoms with Crippen LogP contribution in [0.1, 0.15) is 23.7 Å². The van der Waals surface area contributed by atoms with Gasteiger partial charge in [0.15, 0.2) is 0 Å². The topological polar surface area (TPSA) is 49.6 Å². The summed E-state index contributed by atoms with van der Waals surface area (Å²) in [6.45, 7) is 1.25. The number of nitrogens with zero attached hydrogens (tertiary/aromatic N) is 3. The third kappa shape index (κ3) is 2.65. The number of urea groups is 1. The molecular formula is C18H18N4O.